The van der Waals surface area contributed by atoms with Gasteiger partial charge >= 0.3 is 0 Å². The fraction of sp³-hybridized carbons (Fsp3) is 0.389. The summed E-state index contributed by atoms with van der Waals surface area (Å²) >= 11 is 0. The SMILES string of the molecule is Cc1c(-c2c[nH]c3cc(F)ccc23)cnn1CC1CCNCC1.Cc1nn(CC2CCNCC2)cc1-c1c[nH]c2cc(F)ccc12. The number of hydrogen-bond acceptors (Lipinski definition) is 4. The second-order valence-corrected chi connectivity index (χ2v) is 12.8. The van der Waals surface area contributed by atoms with E-state index < -0.39 is 0 Å². The highest BCUT2D eigenvalue weighted by Crippen LogP contribution is 2.33. The first-order valence-corrected chi connectivity index (χ1v) is 16.4. The highest BCUT2D eigenvalue weighted by molar-refractivity contribution is 5.96. The van der Waals surface area contributed by atoms with Crippen LogP contribution in [0.3, 0.4) is 0 Å². The van der Waals surface area contributed by atoms with Crippen LogP contribution in [0.15, 0.2) is 61.2 Å². The molecule has 240 valence electrons. The third-order valence-corrected chi connectivity index (χ3v) is 9.71. The maximum Gasteiger partial charge on any atom is 0.125 e. The third-order valence-electron chi connectivity index (χ3n) is 9.71. The van der Waals surface area contributed by atoms with Crippen LogP contribution in [0.5, 0.6) is 0 Å². The van der Waals surface area contributed by atoms with Crippen molar-refractivity contribution in [2.45, 2.75) is 52.6 Å². The molecular formula is C36H42F2N8. The molecule has 0 bridgehead atoms. The Labute approximate surface area is 267 Å². The molecule has 0 saturated carbocycles. The molecule has 2 saturated heterocycles. The molecule has 6 aromatic rings. The summed E-state index contributed by atoms with van der Waals surface area (Å²) in [5.41, 5.74) is 8.27. The van der Waals surface area contributed by atoms with Gasteiger partial charge in [-0.1, -0.05) is 0 Å². The van der Waals surface area contributed by atoms with Crippen LogP contribution in [0, 0.1) is 37.3 Å². The van der Waals surface area contributed by atoms with Crippen LogP contribution in [0.25, 0.3) is 44.1 Å². The van der Waals surface area contributed by atoms with Crippen molar-refractivity contribution >= 4 is 21.8 Å². The van der Waals surface area contributed by atoms with Crippen molar-refractivity contribution in [1.29, 1.82) is 0 Å². The number of piperidine rings is 2. The molecule has 10 heteroatoms. The minimum atomic E-state index is -0.218. The van der Waals surface area contributed by atoms with E-state index >= 15 is 0 Å². The van der Waals surface area contributed by atoms with Gasteiger partial charge in [-0.3, -0.25) is 9.36 Å². The standard InChI is InChI=1S/2C18H21FN4/c1-12-16(10-22-23(12)11-13-4-6-20-7-5-13)17-9-21-18-8-14(19)2-3-15(17)18;1-12-17(11-23(22-12)10-13-4-6-20-7-5-13)16-9-21-18-8-14(19)2-3-15(16)18/h2-3,8-10,13,20-21H,4-7,11H2,1H3;2-3,8-9,11,13,20-21H,4-7,10H2,1H3. The van der Waals surface area contributed by atoms with E-state index in [1.54, 1.807) is 0 Å². The number of nitrogens with one attached hydrogen (secondary N) is 4. The lowest BCUT2D eigenvalue weighted by molar-refractivity contribution is 0.319. The zero-order valence-electron chi connectivity index (χ0n) is 26.5. The molecule has 0 radical (unpaired) electrons. The highest BCUT2D eigenvalue weighted by atomic mass is 19.1. The fourth-order valence-electron chi connectivity index (χ4n) is 7.05. The van der Waals surface area contributed by atoms with E-state index in [-0.39, 0.29) is 11.6 Å². The average molecular weight is 625 g/mol. The Balaban J connectivity index is 0.000000147. The van der Waals surface area contributed by atoms with E-state index in [0.717, 1.165) is 89.0 Å². The number of aromatic amines is 2. The monoisotopic (exact) mass is 624 g/mol. The Morgan fingerprint density at radius 3 is 1.85 bits per heavy atom. The molecular weight excluding hydrogens is 582 g/mol. The van der Waals surface area contributed by atoms with Gasteiger partial charge in [-0.25, -0.2) is 8.78 Å². The number of nitrogens with zero attached hydrogens (tertiary/aromatic N) is 4. The van der Waals surface area contributed by atoms with Crippen molar-refractivity contribution in [2.75, 3.05) is 26.2 Å². The molecule has 4 N–H and O–H groups in total. The summed E-state index contributed by atoms with van der Waals surface area (Å²) in [6, 6.07) is 9.75. The number of aryl methyl sites for hydroxylation is 1. The number of aromatic nitrogens is 6. The van der Waals surface area contributed by atoms with Gasteiger partial charge in [-0.15, -0.1) is 0 Å². The summed E-state index contributed by atoms with van der Waals surface area (Å²) in [6.45, 7) is 10.5. The number of benzene rings is 2. The molecule has 46 heavy (non-hydrogen) atoms. The maximum absolute atomic E-state index is 13.4. The molecule has 2 aromatic carbocycles. The van der Waals surface area contributed by atoms with Crippen molar-refractivity contribution in [3.05, 3.63) is 84.2 Å². The smallest absolute Gasteiger partial charge is 0.125 e. The predicted octanol–water partition coefficient (Wildman–Crippen LogP) is 6.96. The van der Waals surface area contributed by atoms with Gasteiger partial charge < -0.3 is 20.6 Å². The van der Waals surface area contributed by atoms with Crippen molar-refractivity contribution < 1.29 is 8.78 Å². The van der Waals surface area contributed by atoms with Crippen LogP contribution in [-0.2, 0) is 13.1 Å². The molecule has 4 aromatic heterocycles. The van der Waals surface area contributed by atoms with E-state index in [4.69, 9.17) is 5.10 Å². The summed E-state index contributed by atoms with van der Waals surface area (Å²) in [4.78, 5) is 6.32. The average Bonchev–Trinajstić information content (AvgIpc) is 3.84. The lowest BCUT2D eigenvalue weighted by Crippen LogP contribution is -2.30. The van der Waals surface area contributed by atoms with E-state index in [1.807, 2.05) is 37.6 Å². The van der Waals surface area contributed by atoms with Gasteiger partial charge in [0.15, 0.2) is 0 Å². The molecule has 2 aliphatic rings. The topological polar surface area (TPSA) is 91.3 Å². The zero-order chi connectivity index (χ0) is 31.6. The number of fused-ring (bicyclic) bond motifs is 2. The van der Waals surface area contributed by atoms with Crippen LogP contribution in [0.2, 0.25) is 0 Å². The number of halogens is 2. The third kappa shape index (κ3) is 6.37. The Morgan fingerprint density at radius 2 is 1.26 bits per heavy atom. The molecule has 0 aliphatic carbocycles. The quantitative estimate of drug-likeness (QED) is 0.161. The Hall–Kier alpha value is -4.28. The minimum absolute atomic E-state index is 0.218. The van der Waals surface area contributed by atoms with Crippen molar-refractivity contribution in [3.63, 3.8) is 0 Å². The zero-order valence-corrected chi connectivity index (χ0v) is 26.5. The number of rotatable bonds is 6. The van der Waals surface area contributed by atoms with Gasteiger partial charge in [0, 0.05) is 81.4 Å². The Morgan fingerprint density at radius 1 is 0.717 bits per heavy atom. The molecule has 0 amide bonds. The molecule has 6 heterocycles. The lowest BCUT2D eigenvalue weighted by Gasteiger charge is -2.23. The van der Waals surface area contributed by atoms with E-state index in [0.29, 0.717) is 11.8 Å². The largest absolute Gasteiger partial charge is 0.360 e. The predicted molar refractivity (Wildman–Crippen MR) is 180 cm³/mol. The van der Waals surface area contributed by atoms with Crippen LogP contribution >= 0.6 is 0 Å². The van der Waals surface area contributed by atoms with Gasteiger partial charge in [0.25, 0.3) is 0 Å². The summed E-state index contributed by atoms with van der Waals surface area (Å²) in [6.07, 6.45) is 12.8. The number of hydrogen-bond donors (Lipinski definition) is 4. The van der Waals surface area contributed by atoms with Gasteiger partial charge in [-0.2, -0.15) is 10.2 Å². The molecule has 2 fully saturated rings. The highest BCUT2D eigenvalue weighted by Gasteiger charge is 2.19. The van der Waals surface area contributed by atoms with E-state index in [1.165, 1.54) is 55.6 Å². The molecule has 8 nitrogen and oxygen atoms in total. The van der Waals surface area contributed by atoms with Crippen LogP contribution < -0.4 is 10.6 Å². The normalized spacial score (nSPS) is 16.3. The minimum Gasteiger partial charge on any atom is -0.360 e. The molecule has 8 rings (SSSR count). The lowest BCUT2D eigenvalue weighted by atomic mass is 9.98. The second kappa shape index (κ2) is 13.2. The Kier molecular flexibility index (Phi) is 8.73. The molecule has 0 unspecified atom stereocenters. The summed E-state index contributed by atoms with van der Waals surface area (Å²) in [7, 11) is 0. The first kappa shape index (κ1) is 30.4. The summed E-state index contributed by atoms with van der Waals surface area (Å²) in [5.74, 6) is 0.952. The molecule has 0 spiro atoms. The first-order valence-electron chi connectivity index (χ1n) is 16.4. The Bertz CT molecular complexity index is 1860. The first-order chi connectivity index (χ1) is 22.4. The van der Waals surface area contributed by atoms with Crippen molar-refractivity contribution in [3.8, 4) is 22.3 Å². The van der Waals surface area contributed by atoms with E-state index in [2.05, 4.69) is 48.2 Å². The fourth-order valence-corrected chi connectivity index (χ4v) is 7.05. The van der Waals surface area contributed by atoms with Gasteiger partial charge in [0.05, 0.1) is 11.9 Å². The summed E-state index contributed by atoms with van der Waals surface area (Å²) in [5, 5.41) is 18.2. The van der Waals surface area contributed by atoms with Gasteiger partial charge in [0.1, 0.15) is 11.6 Å². The summed E-state index contributed by atoms with van der Waals surface area (Å²) < 4.78 is 30.9. The molecule has 2 aliphatic heterocycles. The van der Waals surface area contributed by atoms with Gasteiger partial charge in [0.2, 0.25) is 0 Å². The van der Waals surface area contributed by atoms with Gasteiger partial charge in [-0.05, 0) is 114 Å². The van der Waals surface area contributed by atoms with Crippen molar-refractivity contribution in [1.82, 2.24) is 40.2 Å². The van der Waals surface area contributed by atoms with Crippen LogP contribution in [-0.4, -0.2) is 55.7 Å². The van der Waals surface area contributed by atoms with Crippen molar-refractivity contribution in [2.24, 2.45) is 11.8 Å². The van der Waals surface area contributed by atoms with Crippen LogP contribution in [0.1, 0.15) is 37.1 Å². The van der Waals surface area contributed by atoms with Crippen LogP contribution in [0.4, 0.5) is 8.78 Å². The maximum atomic E-state index is 13.4. The van der Waals surface area contributed by atoms with E-state index in [9.17, 15) is 8.78 Å². The molecule has 0 atom stereocenters. The second-order valence-electron chi connectivity index (χ2n) is 12.8. The number of H-pyrrole nitrogens is 2.